The number of nitrogens with one attached hydrogen (secondary N) is 2. The minimum Gasteiger partial charge on any atom is -0.385 e. The summed E-state index contributed by atoms with van der Waals surface area (Å²) in [4.78, 5) is 11.6. The van der Waals surface area contributed by atoms with Gasteiger partial charge in [0.05, 0.1) is 0 Å². The minimum absolute atomic E-state index is 0.183. The van der Waals surface area contributed by atoms with E-state index >= 15 is 0 Å². The molecule has 0 saturated carbocycles. The van der Waals surface area contributed by atoms with Crippen LogP contribution in [-0.2, 0) is 4.74 Å². The topological polar surface area (TPSA) is 76.1 Å². The predicted molar refractivity (Wildman–Crippen MR) is 62.9 cm³/mol. The van der Waals surface area contributed by atoms with Crippen molar-refractivity contribution in [3.8, 4) is 0 Å². The molecule has 1 rings (SSSR count). The van der Waals surface area contributed by atoms with Gasteiger partial charge in [0.25, 0.3) is 5.91 Å². The Morgan fingerprint density at radius 3 is 3.00 bits per heavy atom. The van der Waals surface area contributed by atoms with Crippen molar-refractivity contribution in [1.29, 1.82) is 0 Å². The molecule has 90 valence electrons. The second kappa shape index (κ2) is 7.13. The molecule has 0 spiro atoms. The van der Waals surface area contributed by atoms with Crippen LogP contribution in [0.15, 0.2) is 0 Å². The van der Waals surface area contributed by atoms with Crippen LogP contribution >= 0.6 is 11.3 Å². The van der Waals surface area contributed by atoms with E-state index in [2.05, 4.69) is 20.8 Å². The van der Waals surface area contributed by atoms with Crippen LogP contribution in [-0.4, -0.2) is 42.9 Å². The molecule has 0 aliphatic carbocycles. The van der Waals surface area contributed by atoms with Crippen LogP contribution in [0.25, 0.3) is 0 Å². The van der Waals surface area contributed by atoms with Crippen molar-refractivity contribution in [1.82, 2.24) is 15.5 Å². The van der Waals surface area contributed by atoms with Crippen molar-refractivity contribution in [2.45, 2.75) is 13.3 Å². The summed E-state index contributed by atoms with van der Waals surface area (Å²) in [6.07, 6.45) is 0.793. The number of hydrogen-bond acceptors (Lipinski definition) is 6. The van der Waals surface area contributed by atoms with E-state index in [4.69, 9.17) is 4.74 Å². The van der Waals surface area contributed by atoms with E-state index in [1.165, 1.54) is 11.3 Å². The fourth-order valence-corrected chi connectivity index (χ4v) is 1.76. The minimum atomic E-state index is -0.183. The van der Waals surface area contributed by atoms with Crippen LogP contribution in [0.5, 0.6) is 0 Å². The van der Waals surface area contributed by atoms with Crippen molar-refractivity contribution in [2.24, 2.45) is 0 Å². The standard InChI is InChI=1S/C9H16N4O2S/c1-3-10-9-13-12-8(16-9)7(14)11-5-4-6-15-2/h3-6H2,1-2H3,(H,10,13)(H,11,14). The van der Waals surface area contributed by atoms with Gasteiger partial charge in [-0.15, -0.1) is 10.2 Å². The Morgan fingerprint density at radius 2 is 2.31 bits per heavy atom. The first-order chi connectivity index (χ1) is 7.77. The molecular weight excluding hydrogens is 228 g/mol. The Bertz CT molecular complexity index is 329. The van der Waals surface area contributed by atoms with E-state index in [9.17, 15) is 4.79 Å². The number of methoxy groups -OCH3 is 1. The number of anilines is 1. The molecule has 6 nitrogen and oxygen atoms in total. The Balaban J connectivity index is 2.34. The average molecular weight is 244 g/mol. The van der Waals surface area contributed by atoms with Crippen molar-refractivity contribution < 1.29 is 9.53 Å². The smallest absolute Gasteiger partial charge is 0.282 e. The number of carbonyl (C=O) groups excluding carboxylic acids is 1. The molecule has 0 fully saturated rings. The average Bonchev–Trinajstić information content (AvgIpc) is 2.73. The fraction of sp³-hybridized carbons (Fsp3) is 0.667. The lowest BCUT2D eigenvalue weighted by molar-refractivity contribution is 0.0947. The van der Waals surface area contributed by atoms with E-state index < -0.39 is 0 Å². The molecule has 1 heterocycles. The number of carbonyl (C=O) groups is 1. The molecule has 0 aromatic carbocycles. The first-order valence-electron chi connectivity index (χ1n) is 5.12. The zero-order valence-electron chi connectivity index (χ0n) is 9.45. The van der Waals surface area contributed by atoms with E-state index in [1.54, 1.807) is 7.11 Å². The highest BCUT2D eigenvalue weighted by Crippen LogP contribution is 2.14. The Morgan fingerprint density at radius 1 is 1.50 bits per heavy atom. The quantitative estimate of drug-likeness (QED) is 0.692. The fourth-order valence-electron chi connectivity index (χ4n) is 1.03. The van der Waals surface area contributed by atoms with Crippen LogP contribution < -0.4 is 10.6 Å². The van der Waals surface area contributed by atoms with Crippen LogP contribution in [0.1, 0.15) is 23.1 Å². The lowest BCUT2D eigenvalue weighted by Crippen LogP contribution is -2.25. The van der Waals surface area contributed by atoms with Gasteiger partial charge in [-0.1, -0.05) is 11.3 Å². The molecule has 0 radical (unpaired) electrons. The number of aromatic nitrogens is 2. The zero-order valence-corrected chi connectivity index (χ0v) is 10.3. The van der Waals surface area contributed by atoms with Crippen molar-refractivity contribution in [3.05, 3.63) is 5.01 Å². The van der Waals surface area contributed by atoms with E-state index in [0.29, 0.717) is 23.3 Å². The number of ether oxygens (including phenoxy) is 1. The van der Waals surface area contributed by atoms with Crippen LogP contribution in [0.3, 0.4) is 0 Å². The van der Waals surface area contributed by atoms with E-state index in [1.807, 2.05) is 6.92 Å². The van der Waals surface area contributed by atoms with Crippen LogP contribution in [0.2, 0.25) is 0 Å². The van der Waals surface area contributed by atoms with Gasteiger partial charge >= 0.3 is 0 Å². The summed E-state index contributed by atoms with van der Waals surface area (Å²) in [5.41, 5.74) is 0. The third-order valence-corrected chi connectivity index (χ3v) is 2.64. The molecule has 0 atom stereocenters. The summed E-state index contributed by atoms with van der Waals surface area (Å²) >= 11 is 1.25. The first kappa shape index (κ1) is 12.9. The zero-order chi connectivity index (χ0) is 11.8. The van der Waals surface area contributed by atoms with Crippen molar-refractivity contribution >= 4 is 22.4 Å². The molecule has 0 saturated heterocycles. The summed E-state index contributed by atoms with van der Waals surface area (Å²) in [5, 5.41) is 14.4. The number of amides is 1. The second-order valence-corrected chi connectivity index (χ2v) is 4.02. The third-order valence-electron chi connectivity index (χ3n) is 1.76. The molecule has 0 aliphatic rings. The van der Waals surface area contributed by atoms with Crippen molar-refractivity contribution in [3.63, 3.8) is 0 Å². The molecule has 16 heavy (non-hydrogen) atoms. The maximum absolute atomic E-state index is 11.6. The van der Waals surface area contributed by atoms with Gasteiger partial charge in [-0.05, 0) is 13.3 Å². The first-order valence-corrected chi connectivity index (χ1v) is 5.94. The van der Waals surface area contributed by atoms with Gasteiger partial charge in [-0.3, -0.25) is 4.79 Å². The largest absolute Gasteiger partial charge is 0.385 e. The highest BCUT2D eigenvalue weighted by atomic mass is 32.1. The lowest BCUT2D eigenvalue weighted by atomic mass is 10.4. The summed E-state index contributed by atoms with van der Waals surface area (Å²) in [6.45, 7) is 3.96. The summed E-state index contributed by atoms with van der Waals surface area (Å²) in [6, 6.07) is 0. The van der Waals surface area contributed by atoms with Crippen LogP contribution in [0.4, 0.5) is 5.13 Å². The normalized spacial score (nSPS) is 10.1. The summed E-state index contributed by atoms with van der Waals surface area (Å²) < 4.78 is 4.88. The molecule has 1 amide bonds. The molecule has 0 bridgehead atoms. The maximum atomic E-state index is 11.6. The maximum Gasteiger partial charge on any atom is 0.282 e. The number of nitrogens with zero attached hydrogens (tertiary/aromatic N) is 2. The Hall–Kier alpha value is -1.21. The molecule has 2 N–H and O–H groups in total. The van der Waals surface area contributed by atoms with Gasteiger partial charge in [-0.2, -0.15) is 0 Å². The molecule has 0 aliphatic heterocycles. The van der Waals surface area contributed by atoms with E-state index in [0.717, 1.165) is 13.0 Å². The molecule has 0 unspecified atom stereocenters. The highest BCUT2D eigenvalue weighted by Gasteiger charge is 2.11. The van der Waals surface area contributed by atoms with Crippen LogP contribution in [0, 0.1) is 0 Å². The Labute approximate surface area is 98.4 Å². The SMILES string of the molecule is CCNc1nnc(C(=O)NCCCOC)s1. The predicted octanol–water partition coefficient (Wildman–Crippen LogP) is 0.736. The van der Waals surface area contributed by atoms with Gasteiger partial charge in [0.1, 0.15) is 0 Å². The number of rotatable bonds is 7. The monoisotopic (exact) mass is 244 g/mol. The van der Waals surface area contributed by atoms with E-state index in [-0.39, 0.29) is 5.91 Å². The molecule has 1 aromatic heterocycles. The second-order valence-electron chi connectivity index (χ2n) is 3.04. The molecule has 1 aromatic rings. The highest BCUT2D eigenvalue weighted by molar-refractivity contribution is 7.17. The number of hydrogen-bond donors (Lipinski definition) is 2. The molecule has 7 heteroatoms. The third kappa shape index (κ3) is 4.11. The van der Waals surface area contributed by atoms with Crippen molar-refractivity contribution in [2.75, 3.05) is 32.1 Å². The van der Waals surface area contributed by atoms with Gasteiger partial charge < -0.3 is 15.4 Å². The van der Waals surface area contributed by atoms with Gasteiger partial charge in [0.15, 0.2) is 0 Å². The van der Waals surface area contributed by atoms with Gasteiger partial charge in [-0.25, -0.2) is 0 Å². The van der Waals surface area contributed by atoms with Gasteiger partial charge in [0, 0.05) is 26.8 Å². The van der Waals surface area contributed by atoms with Gasteiger partial charge in [0.2, 0.25) is 10.1 Å². The lowest BCUT2D eigenvalue weighted by Gasteiger charge is -2.01. The summed E-state index contributed by atoms with van der Waals surface area (Å²) in [5.74, 6) is -0.183. The summed E-state index contributed by atoms with van der Waals surface area (Å²) in [7, 11) is 1.63. The molecular formula is C9H16N4O2S. The Kier molecular flexibility index (Phi) is 5.73.